The molecule has 1 aromatic rings. The molecule has 1 aliphatic rings. The highest BCUT2D eigenvalue weighted by Crippen LogP contribution is 2.32. The lowest BCUT2D eigenvalue weighted by Gasteiger charge is -2.30. The molecule has 3 heteroatoms. The summed E-state index contributed by atoms with van der Waals surface area (Å²) < 4.78 is 13.1. The fourth-order valence-corrected chi connectivity index (χ4v) is 2.68. The van der Waals surface area contributed by atoms with Crippen LogP contribution < -0.4 is 5.32 Å². The van der Waals surface area contributed by atoms with E-state index >= 15 is 0 Å². The van der Waals surface area contributed by atoms with Crippen molar-refractivity contribution >= 4 is 0 Å². The molecule has 1 N–H and O–H groups in total. The highest BCUT2D eigenvalue weighted by atomic mass is 19.1. The number of nitrogens with zero attached hydrogens (tertiary/aromatic N) is 1. The molecule has 94 valence electrons. The Morgan fingerprint density at radius 2 is 2.29 bits per heavy atom. The number of halogens is 1. The highest BCUT2D eigenvalue weighted by molar-refractivity contribution is 5.16. The smallest absolute Gasteiger partial charge is 0.141 e. The minimum atomic E-state index is -0.217. The molecule has 1 saturated carbocycles. The summed E-state index contributed by atoms with van der Waals surface area (Å²) in [5.74, 6) is 0.257. The molecule has 2 rings (SSSR count). The Bertz CT molecular complexity index is 354. The van der Waals surface area contributed by atoms with Gasteiger partial charge in [0.15, 0.2) is 0 Å². The first-order valence-corrected chi connectivity index (χ1v) is 6.63. The molecule has 0 bridgehead atoms. The Kier molecular flexibility index (Phi) is 4.49. The summed E-state index contributed by atoms with van der Waals surface area (Å²) in [5.41, 5.74) is 1.06. The van der Waals surface area contributed by atoms with E-state index in [0.717, 1.165) is 24.9 Å². The van der Waals surface area contributed by atoms with Gasteiger partial charge < -0.3 is 5.32 Å². The van der Waals surface area contributed by atoms with Gasteiger partial charge in [0.05, 0.1) is 6.20 Å². The molecule has 0 aromatic carbocycles. The minimum absolute atomic E-state index is 0.217. The predicted octanol–water partition coefficient (Wildman–Crippen LogP) is 3.25. The molecule has 0 radical (unpaired) electrons. The van der Waals surface area contributed by atoms with Crippen molar-refractivity contribution in [3.8, 4) is 0 Å². The maximum Gasteiger partial charge on any atom is 0.141 e. The normalized spacial score (nSPS) is 24.8. The van der Waals surface area contributed by atoms with E-state index in [1.165, 1.54) is 25.5 Å². The SMILES string of the molecule is CCCNC1CCCC(c2cncc(F)c2)C1. The second-order valence-corrected chi connectivity index (χ2v) is 4.95. The number of hydrogen-bond donors (Lipinski definition) is 1. The van der Waals surface area contributed by atoms with E-state index in [-0.39, 0.29) is 5.82 Å². The first-order chi connectivity index (χ1) is 8.29. The summed E-state index contributed by atoms with van der Waals surface area (Å²) in [5, 5.41) is 3.57. The zero-order chi connectivity index (χ0) is 12.1. The van der Waals surface area contributed by atoms with Gasteiger partial charge in [0, 0.05) is 12.2 Å². The van der Waals surface area contributed by atoms with Gasteiger partial charge in [-0.05, 0) is 49.8 Å². The van der Waals surface area contributed by atoms with Gasteiger partial charge in [-0.1, -0.05) is 13.3 Å². The van der Waals surface area contributed by atoms with Crippen molar-refractivity contribution in [3.05, 3.63) is 29.8 Å². The van der Waals surface area contributed by atoms with Crippen molar-refractivity contribution in [2.24, 2.45) is 0 Å². The van der Waals surface area contributed by atoms with Gasteiger partial charge in [0.25, 0.3) is 0 Å². The molecule has 0 spiro atoms. The van der Waals surface area contributed by atoms with Crippen LogP contribution >= 0.6 is 0 Å². The molecule has 2 atom stereocenters. The van der Waals surface area contributed by atoms with Crippen molar-refractivity contribution in [1.29, 1.82) is 0 Å². The van der Waals surface area contributed by atoms with Crippen molar-refractivity contribution in [1.82, 2.24) is 10.3 Å². The van der Waals surface area contributed by atoms with Crippen LogP contribution in [0.15, 0.2) is 18.5 Å². The average molecular weight is 236 g/mol. The monoisotopic (exact) mass is 236 g/mol. The molecule has 1 fully saturated rings. The summed E-state index contributed by atoms with van der Waals surface area (Å²) in [4.78, 5) is 3.95. The van der Waals surface area contributed by atoms with Gasteiger partial charge in [-0.3, -0.25) is 4.98 Å². The summed E-state index contributed by atoms with van der Waals surface area (Å²) in [7, 11) is 0. The van der Waals surface area contributed by atoms with Crippen molar-refractivity contribution in [3.63, 3.8) is 0 Å². The molecule has 0 amide bonds. The van der Waals surface area contributed by atoms with E-state index in [0.29, 0.717) is 12.0 Å². The number of rotatable bonds is 4. The Balaban J connectivity index is 1.97. The van der Waals surface area contributed by atoms with E-state index in [4.69, 9.17) is 0 Å². The van der Waals surface area contributed by atoms with Gasteiger partial charge in [0.2, 0.25) is 0 Å². The van der Waals surface area contributed by atoms with E-state index < -0.39 is 0 Å². The van der Waals surface area contributed by atoms with Gasteiger partial charge in [-0.25, -0.2) is 4.39 Å². The van der Waals surface area contributed by atoms with Crippen LogP contribution in [0.25, 0.3) is 0 Å². The van der Waals surface area contributed by atoms with Gasteiger partial charge in [0.1, 0.15) is 5.82 Å². The van der Waals surface area contributed by atoms with Crippen molar-refractivity contribution in [2.75, 3.05) is 6.54 Å². The summed E-state index contributed by atoms with van der Waals surface area (Å²) in [6.45, 7) is 3.27. The largest absolute Gasteiger partial charge is 0.314 e. The van der Waals surface area contributed by atoms with Crippen LogP contribution in [-0.2, 0) is 0 Å². The number of aromatic nitrogens is 1. The van der Waals surface area contributed by atoms with E-state index in [2.05, 4.69) is 17.2 Å². The zero-order valence-electron chi connectivity index (χ0n) is 10.5. The molecule has 2 nitrogen and oxygen atoms in total. The summed E-state index contributed by atoms with van der Waals surface area (Å²) in [6, 6.07) is 2.23. The number of hydrogen-bond acceptors (Lipinski definition) is 2. The summed E-state index contributed by atoms with van der Waals surface area (Å²) >= 11 is 0. The fourth-order valence-electron chi connectivity index (χ4n) is 2.68. The maximum absolute atomic E-state index is 13.1. The molecular weight excluding hydrogens is 215 g/mol. The third-order valence-corrected chi connectivity index (χ3v) is 3.55. The lowest BCUT2D eigenvalue weighted by molar-refractivity contribution is 0.339. The predicted molar refractivity (Wildman–Crippen MR) is 67.5 cm³/mol. The lowest BCUT2D eigenvalue weighted by atomic mass is 9.82. The third-order valence-electron chi connectivity index (χ3n) is 3.55. The lowest BCUT2D eigenvalue weighted by Crippen LogP contribution is -2.34. The molecular formula is C14H21FN2. The molecule has 1 aromatic heterocycles. The third kappa shape index (κ3) is 3.50. The molecule has 0 aliphatic heterocycles. The standard InChI is InChI=1S/C14H21FN2/c1-2-6-17-14-5-3-4-11(8-14)12-7-13(15)10-16-9-12/h7,9-11,14,17H,2-6,8H2,1H3. The zero-order valence-corrected chi connectivity index (χ0v) is 10.5. The fraction of sp³-hybridized carbons (Fsp3) is 0.643. The van der Waals surface area contributed by atoms with Crippen molar-refractivity contribution < 1.29 is 4.39 Å². The first-order valence-electron chi connectivity index (χ1n) is 6.63. The van der Waals surface area contributed by atoms with Crippen LogP contribution in [0.2, 0.25) is 0 Å². The average Bonchev–Trinajstić information content (AvgIpc) is 2.37. The van der Waals surface area contributed by atoms with Gasteiger partial charge in [-0.15, -0.1) is 0 Å². The first kappa shape index (κ1) is 12.5. The van der Waals surface area contributed by atoms with Crippen LogP contribution in [0.5, 0.6) is 0 Å². The van der Waals surface area contributed by atoms with Crippen LogP contribution in [0.1, 0.15) is 50.5 Å². The highest BCUT2D eigenvalue weighted by Gasteiger charge is 2.23. The molecule has 17 heavy (non-hydrogen) atoms. The molecule has 0 saturated heterocycles. The Labute approximate surface area is 103 Å². The van der Waals surface area contributed by atoms with E-state index in [1.54, 1.807) is 6.07 Å². The van der Waals surface area contributed by atoms with Gasteiger partial charge in [-0.2, -0.15) is 0 Å². The van der Waals surface area contributed by atoms with Gasteiger partial charge >= 0.3 is 0 Å². The minimum Gasteiger partial charge on any atom is -0.314 e. The summed E-state index contributed by atoms with van der Waals surface area (Å²) in [6.07, 6.45) is 9.01. The maximum atomic E-state index is 13.1. The Morgan fingerprint density at radius 3 is 3.06 bits per heavy atom. The quantitative estimate of drug-likeness (QED) is 0.868. The second-order valence-electron chi connectivity index (χ2n) is 4.95. The molecule has 1 aliphatic carbocycles. The topological polar surface area (TPSA) is 24.9 Å². The Hall–Kier alpha value is -0.960. The molecule has 2 unspecified atom stereocenters. The van der Waals surface area contributed by atoms with E-state index in [1.807, 2.05) is 6.20 Å². The van der Waals surface area contributed by atoms with Crippen molar-refractivity contribution in [2.45, 2.75) is 51.0 Å². The second kappa shape index (κ2) is 6.10. The van der Waals surface area contributed by atoms with Crippen LogP contribution in [0, 0.1) is 5.82 Å². The van der Waals surface area contributed by atoms with Crippen LogP contribution in [-0.4, -0.2) is 17.6 Å². The Morgan fingerprint density at radius 1 is 1.41 bits per heavy atom. The number of pyridine rings is 1. The molecule has 1 heterocycles. The van der Waals surface area contributed by atoms with Crippen LogP contribution in [0.4, 0.5) is 4.39 Å². The van der Waals surface area contributed by atoms with E-state index in [9.17, 15) is 4.39 Å². The number of nitrogens with one attached hydrogen (secondary N) is 1. The van der Waals surface area contributed by atoms with Crippen LogP contribution in [0.3, 0.4) is 0 Å².